The summed E-state index contributed by atoms with van der Waals surface area (Å²) >= 11 is 1.53. The van der Waals surface area contributed by atoms with Gasteiger partial charge in [0.1, 0.15) is 5.75 Å². The van der Waals surface area contributed by atoms with E-state index in [-0.39, 0.29) is 5.97 Å². The third kappa shape index (κ3) is 3.06. The Bertz CT molecular complexity index is 256. The maximum absolute atomic E-state index is 11.1. The molecule has 0 aliphatic heterocycles. The summed E-state index contributed by atoms with van der Waals surface area (Å²) in [5, 5.41) is 3.74. The van der Waals surface area contributed by atoms with Gasteiger partial charge >= 0.3 is 5.97 Å². The topological polar surface area (TPSA) is 35.5 Å². The minimum absolute atomic E-state index is 0.325. The van der Waals surface area contributed by atoms with E-state index in [1.54, 1.807) is 13.8 Å². The van der Waals surface area contributed by atoms with Gasteiger partial charge in [0.15, 0.2) is 6.10 Å². The lowest BCUT2D eigenvalue weighted by molar-refractivity contribution is -0.150. The number of carbonyl (C=O) groups is 1. The highest BCUT2D eigenvalue weighted by molar-refractivity contribution is 7.08. The summed E-state index contributed by atoms with van der Waals surface area (Å²) in [6.07, 6.45) is -0.533. The Morgan fingerprint density at radius 1 is 1.69 bits per heavy atom. The molecule has 72 valence electrons. The zero-order valence-electron chi connectivity index (χ0n) is 7.65. The van der Waals surface area contributed by atoms with Gasteiger partial charge in [0.2, 0.25) is 0 Å². The second-order valence-corrected chi connectivity index (χ2v) is 3.25. The Morgan fingerprint density at radius 2 is 2.46 bits per heavy atom. The molecule has 1 heterocycles. The molecule has 1 unspecified atom stereocenters. The van der Waals surface area contributed by atoms with Gasteiger partial charge in [-0.2, -0.15) is 0 Å². The number of rotatable bonds is 4. The zero-order chi connectivity index (χ0) is 9.68. The fraction of sp³-hybridized carbons (Fsp3) is 0.444. The van der Waals surface area contributed by atoms with E-state index in [2.05, 4.69) is 0 Å². The first kappa shape index (κ1) is 10.1. The molecule has 0 saturated carbocycles. The van der Waals surface area contributed by atoms with Crippen molar-refractivity contribution in [3.63, 3.8) is 0 Å². The highest BCUT2D eigenvalue weighted by atomic mass is 32.1. The number of carbonyl (C=O) groups excluding carboxylic acids is 1. The smallest absolute Gasteiger partial charge is 0.347 e. The first-order chi connectivity index (χ1) is 6.24. The quantitative estimate of drug-likeness (QED) is 0.698. The molecule has 3 nitrogen and oxygen atoms in total. The molecule has 0 spiro atoms. The highest BCUT2D eigenvalue weighted by Crippen LogP contribution is 2.16. The van der Waals surface area contributed by atoms with Crippen LogP contribution in [0.25, 0.3) is 0 Å². The van der Waals surface area contributed by atoms with Crippen LogP contribution in [-0.4, -0.2) is 18.7 Å². The number of thiophene rings is 1. The summed E-state index contributed by atoms with van der Waals surface area (Å²) in [4.78, 5) is 11.1. The Hall–Kier alpha value is -1.03. The van der Waals surface area contributed by atoms with Gasteiger partial charge in [0.25, 0.3) is 0 Å². The van der Waals surface area contributed by atoms with Crippen LogP contribution in [0.15, 0.2) is 16.8 Å². The second kappa shape index (κ2) is 4.87. The van der Waals surface area contributed by atoms with E-state index in [0.717, 1.165) is 0 Å². The van der Waals surface area contributed by atoms with Crippen LogP contribution in [0.5, 0.6) is 5.75 Å². The van der Waals surface area contributed by atoms with Crippen LogP contribution in [0.2, 0.25) is 0 Å². The Kier molecular flexibility index (Phi) is 3.76. The largest absolute Gasteiger partial charge is 0.478 e. The summed E-state index contributed by atoms with van der Waals surface area (Å²) in [7, 11) is 0. The fourth-order valence-electron chi connectivity index (χ4n) is 0.831. The lowest BCUT2D eigenvalue weighted by atomic mass is 10.4. The summed E-state index contributed by atoms with van der Waals surface area (Å²) in [5.74, 6) is 0.388. The van der Waals surface area contributed by atoms with E-state index in [1.807, 2.05) is 16.8 Å². The zero-order valence-corrected chi connectivity index (χ0v) is 8.47. The van der Waals surface area contributed by atoms with Crippen molar-refractivity contribution in [3.05, 3.63) is 16.8 Å². The summed E-state index contributed by atoms with van der Waals surface area (Å²) in [5.41, 5.74) is 0. The summed E-state index contributed by atoms with van der Waals surface area (Å²) in [6.45, 7) is 3.83. The number of hydrogen-bond acceptors (Lipinski definition) is 4. The Balaban J connectivity index is 2.41. The average molecular weight is 200 g/mol. The monoisotopic (exact) mass is 200 g/mol. The van der Waals surface area contributed by atoms with Crippen molar-refractivity contribution in [2.45, 2.75) is 20.0 Å². The molecule has 0 N–H and O–H groups in total. The second-order valence-electron chi connectivity index (χ2n) is 2.47. The number of ether oxygens (including phenoxy) is 2. The van der Waals surface area contributed by atoms with Crippen LogP contribution in [0.3, 0.4) is 0 Å². The van der Waals surface area contributed by atoms with Crippen molar-refractivity contribution in [1.82, 2.24) is 0 Å². The van der Waals surface area contributed by atoms with Gasteiger partial charge in [-0.1, -0.05) is 0 Å². The van der Waals surface area contributed by atoms with Crippen molar-refractivity contribution in [1.29, 1.82) is 0 Å². The van der Waals surface area contributed by atoms with Crippen LogP contribution in [-0.2, 0) is 9.53 Å². The van der Waals surface area contributed by atoms with Crippen molar-refractivity contribution in [3.8, 4) is 5.75 Å². The van der Waals surface area contributed by atoms with Gasteiger partial charge in [-0.25, -0.2) is 4.79 Å². The van der Waals surface area contributed by atoms with Gasteiger partial charge in [-0.3, -0.25) is 0 Å². The molecular weight excluding hydrogens is 188 g/mol. The molecule has 1 atom stereocenters. The maximum atomic E-state index is 11.1. The van der Waals surface area contributed by atoms with E-state index in [4.69, 9.17) is 9.47 Å². The van der Waals surface area contributed by atoms with Crippen molar-refractivity contribution in [2.75, 3.05) is 6.61 Å². The molecule has 0 saturated heterocycles. The van der Waals surface area contributed by atoms with E-state index < -0.39 is 6.10 Å². The van der Waals surface area contributed by atoms with Gasteiger partial charge in [-0.05, 0) is 25.3 Å². The van der Waals surface area contributed by atoms with E-state index in [9.17, 15) is 4.79 Å². The van der Waals surface area contributed by atoms with Crippen LogP contribution in [0, 0.1) is 0 Å². The molecule has 4 heteroatoms. The molecular formula is C9H12O3S. The molecule has 1 aromatic rings. The molecule has 0 radical (unpaired) electrons. The summed E-state index contributed by atoms with van der Waals surface area (Å²) in [6, 6.07) is 1.82. The highest BCUT2D eigenvalue weighted by Gasteiger charge is 2.15. The van der Waals surface area contributed by atoms with Crippen molar-refractivity contribution in [2.24, 2.45) is 0 Å². The van der Waals surface area contributed by atoms with Gasteiger partial charge in [0, 0.05) is 5.38 Å². The van der Waals surface area contributed by atoms with Gasteiger partial charge < -0.3 is 9.47 Å². The van der Waals surface area contributed by atoms with Crippen LogP contribution in [0.4, 0.5) is 0 Å². The fourth-order valence-corrected chi connectivity index (χ4v) is 1.39. The van der Waals surface area contributed by atoms with E-state index >= 15 is 0 Å². The third-order valence-electron chi connectivity index (χ3n) is 1.43. The minimum Gasteiger partial charge on any atom is -0.478 e. The first-order valence-electron chi connectivity index (χ1n) is 4.09. The molecule has 13 heavy (non-hydrogen) atoms. The standard InChI is InChI=1S/C9H12O3S/c1-3-11-9(10)7(2)12-8-4-5-13-6-8/h4-7H,3H2,1-2H3. The first-order valence-corrected chi connectivity index (χ1v) is 5.03. The maximum Gasteiger partial charge on any atom is 0.347 e. The SMILES string of the molecule is CCOC(=O)C(C)Oc1ccsc1. The molecule has 0 aliphatic rings. The Labute approximate surface area is 81.3 Å². The van der Waals surface area contributed by atoms with Crippen LogP contribution >= 0.6 is 11.3 Å². The van der Waals surface area contributed by atoms with Crippen molar-refractivity contribution >= 4 is 17.3 Å². The van der Waals surface area contributed by atoms with Gasteiger partial charge in [0.05, 0.1) is 6.61 Å². The third-order valence-corrected chi connectivity index (χ3v) is 2.09. The molecule has 0 aliphatic carbocycles. The van der Waals surface area contributed by atoms with E-state index in [1.165, 1.54) is 11.3 Å². The molecule has 1 aromatic heterocycles. The lowest BCUT2D eigenvalue weighted by Gasteiger charge is -2.11. The predicted molar refractivity (Wildman–Crippen MR) is 51.0 cm³/mol. The van der Waals surface area contributed by atoms with Crippen LogP contribution in [0.1, 0.15) is 13.8 Å². The molecule has 0 fully saturated rings. The van der Waals surface area contributed by atoms with E-state index in [0.29, 0.717) is 12.4 Å². The number of esters is 1. The normalized spacial score (nSPS) is 12.2. The van der Waals surface area contributed by atoms with Crippen molar-refractivity contribution < 1.29 is 14.3 Å². The average Bonchev–Trinajstić information content (AvgIpc) is 2.57. The molecule has 1 rings (SSSR count). The Morgan fingerprint density at radius 3 is 3.00 bits per heavy atom. The lowest BCUT2D eigenvalue weighted by Crippen LogP contribution is -2.25. The molecule has 0 amide bonds. The summed E-state index contributed by atoms with van der Waals surface area (Å²) < 4.78 is 10.1. The predicted octanol–water partition coefficient (Wildman–Crippen LogP) is 2.08. The van der Waals surface area contributed by atoms with Gasteiger partial charge in [-0.15, -0.1) is 11.3 Å². The molecule has 0 bridgehead atoms. The molecule has 0 aromatic carbocycles. The minimum atomic E-state index is -0.533. The number of hydrogen-bond donors (Lipinski definition) is 0. The van der Waals surface area contributed by atoms with Crippen LogP contribution < -0.4 is 4.74 Å².